The number of aryl methyl sites for hydroxylation is 2. The molecule has 7 nitrogen and oxygen atoms in total. The van der Waals surface area contributed by atoms with Crippen molar-refractivity contribution >= 4 is 0 Å². The van der Waals surface area contributed by atoms with Gasteiger partial charge in [-0.1, -0.05) is 36.4 Å². The lowest BCUT2D eigenvalue weighted by molar-refractivity contribution is 0.0458. The highest BCUT2D eigenvalue weighted by molar-refractivity contribution is 5.32. The predicted molar refractivity (Wildman–Crippen MR) is 131 cm³/mol. The van der Waals surface area contributed by atoms with Crippen molar-refractivity contribution in [2.24, 2.45) is 0 Å². The number of β-amino-alcohol motifs (C(OH)–C–C–N with tert-alkyl or cyclic N) is 1. The van der Waals surface area contributed by atoms with Crippen molar-refractivity contribution in [2.45, 2.75) is 26.1 Å². The second-order valence-corrected chi connectivity index (χ2v) is 8.81. The molecule has 2 aromatic rings. The van der Waals surface area contributed by atoms with Gasteiger partial charge < -0.3 is 25.0 Å². The summed E-state index contributed by atoms with van der Waals surface area (Å²) in [5.74, 6) is 1.65. The average Bonchev–Trinajstić information content (AvgIpc) is 2.82. The monoisotopic (exact) mass is 457 g/mol. The fourth-order valence-electron chi connectivity index (χ4n) is 3.92. The number of hydrogen-bond donors (Lipinski definition) is 3. The Balaban J connectivity index is 1.22. The lowest BCUT2D eigenvalue weighted by Gasteiger charge is -2.35. The Kier molecular flexibility index (Phi) is 10.4. The number of rotatable bonds is 13. The number of hydrogen-bond acceptors (Lipinski definition) is 7. The maximum Gasteiger partial charge on any atom is 0.122 e. The molecule has 7 heteroatoms. The van der Waals surface area contributed by atoms with E-state index in [0.717, 1.165) is 61.9 Å². The Bertz CT molecular complexity index is 824. The van der Waals surface area contributed by atoms with Gasteiger partial charge in [-0.2, -0.15) is 0 Å². The van der Waals surface area contributed by atoms with E-state index in [1.54, 1.807) is 0 Å². The summed E-state index contributed by atoms with van der Waals surface area (Å²) in [6, 6.07) is 15.7. The Hall–Kier alpha value is -2.16. The van der Waals surface area contributed by atoms with E-state index in [0.29, 0.717) is 19.7 Å². The molecule has 2 unspecified atom stereocenters. The lowest BCUT2D eigenvalue weighted by Crippen LogP contribution is -2.50. The molecule has 0 amide bonds. The normalized spacial score (nSPS) is 17.0. The van der Waals surface area contributed by atoms with Crippen LogP contribution >= 0.6 is 0 Å². The van der Waals surface area contributed by atoms with E-state index < -0.39 is 12.2 Å². The van der Waals surface area contributed by atoms with E-state index in [1.165, 1.54) is 0 Å². The zero-order chi connectivity index (χ0) is 23.5. The van der Waals surface area contributed by atoms with Crippen molar-refractivity contribution < 1.29 is 19.7 Å². The fourth-order valence-corrected chi connectivity index (χ4v) is 3.92. The quantitative estimate of drug-likeness (QED) is 0.395. The number of nitrogens with zero attached hydrogens (tertiary/aromatic N) is 2. The minimum Gasteiger partial charge on any atom is -0.491 e. The van der Waals surface area contributed by atoms with Gasteiger partial charge in [-0.15, -0.1) is 0 Å². The van der Waals surface area contributed by atoms with Crippen molar-refractivity contribution in [3.63, 3.8) is 0 Å². The van der Waals surface area contributed by atoms with Gasteiger partial charge in [0.25, 0.3) is 0 Å². The van der Waals surface area contributed by atoms with Crippen LogP contribution in [-0.2, 0) is 0 Å². The van der Waals surface area contributed by atoms with E-state index in [1.807, 2.05) is 62.4 Å². The van der Waals surface area contributed by atoms with Crippen LogP contribution in [0.25, 0.3) is 0 Å². The Morgan fingerprint density at radius 2 is 1.30 bits per heavy atom. The summed E-state index contributed by atoms with van der Waals surface area (Å²) in [6.07, 6.45) is -1.04. The molecule has 3 rings (SSSR count). The zero-order valence-corrected chi connectivity index (χ0v) is 19.9. The second-order valence-electron chi connectivity index (χ2n) is 8.81. The standard InChI is InChI=1S/C26H39N3O4/c1-21-7-3-5-9-25(21)32-19-23(30)17-27-11-12-28-13-15-29(16-14-28)18-24(31)20-33-26-10-6-4-8-22(26)2/h3-10,23-24,27,30-31H,11-20H2,1-2H3. The van der Waals surface area contributed by atoms with E-state index in [9.17, 15) is 10.2 Å². The smallest absolute Gasteiger partial charge is 0.122 e. The minimum absolute atomic E-state index is 0.284. The highest BCUT2D eigenvalue weighted by atomic mass is 16.5. The van der Waals surface area contributed by atoms with Gasteiger partial charge in [-0.3, -0.25) is 9.80 Å². The summed E-state index contributed by atoms with van der Waals surface area (Å²) < 4.78 is 11.5. The maximum atomic E-state index is 10.4. The zero-order valence-electron chi connectivity index (χ0n) is 19.9. The van der Waals surface area contributed by atoms with Crippen molar-refractivity contribution in [1.29, 1.82) is 0 Å². The molecule has 1 fully saturated rings. The average molecular weight is 458 g/mol. The molecule has 1 aliphatic rings. The third kappa shape index (κ3) is 8.95. The highest BCUT2D eigenvalue weighted by Crippen LogP contribution is 2.17. The lowest BCUT2D eigenvalue weighted by atomic mass is 10.2. The molecular weight excluding hydrogens is 418 g/mol. The Labute approximate surface area is 197 Å². The van der Waals surface area contributed by atoms with Gasteiger partial charge >= 0.3 is 0 Å². The van der Waals surface area contributed by atoms with Crippen LogP contribution in [0.5, 0.6) is 11.5 Å². The number of benzene rings is 2. The number of piperazine rings is 1. The molecule has 182 valence electrons. The molecule has 33 heavy (non-hydrogen) atoms. The van der Waals surface area contributed by atoms with E-state index in [4.69, 9.17) is 9.47 Å². The molecule has 0 saturated carbocycles. The summed E-state index contributed by atoms with van der Waals surface area (Å²) in [5.41, 5.74) is 2.15. The van der Waals surface area contributed by atoms with Gasteiger partial charge in [0, 0.05) is 52.4 Å². The fraction of sp³-hybridized carbons (Fsp3) is 0.538. The number of aliphatic hydroxyl groups excluding tert-OH is 2. The number of nitrogens with one attached hydrogen (secondary N) is 1. The van der Waals surface area contributed by atoms with Crippen LogP contribution in [0, 0.1) is 13.8 Å². The van der Waals surface area contributed by atoms with E-state index in [-0.39, 0.29) is 6.61 Å². The van der Waals surface area contributed by atoms with Gasteiger partial charge in [-0.05, 0) is 37.1 Å². The third-order valence-electron chi connectivity index (χ3n) is 5.97. The first-order valence-electron chi connectivity index (χ1n) is 11.9. The molecule has 2 aromatic carbocycles. The topological polar surface area (TPSA) is 77.4 Å². The first-order valence-corrected chi connectivity index (χ1v) is 11.9. The van der Waals surface area contributed by atoms with Crippen LogP contribution in [0.15, 0.2) is 48.5 Å². The van der Waals surface area contributed by atoms with Crippen molar-refractivity contribution in [3.8, 4) is 11.5 Å². The number of para-hydroxylation sites is 2. The highest BCUT2D eigenvalue weighted by Gasteiger charge is 2.19. The van der Waals surface area contributed by atoms with Gasteiger partial charge in [0.1, 0.15) is 36.9 Å². The van der Waals surface area contributed by atoms with Crippen LogP contribution in [0.1, 0.15) is 11.1 Å². The summed E-state index contributed by atoms with van der Waals surface area (Å²) in [6.45, 7) is 11.4. The van der Waals surface area contributed by atoms with E-state index >= 15 is 0 Å². The molecule has 0 radical (unpaired) electrons. The Morgan fingerprint density at radius 3 is 1.88 bits per heavy atom. The van der Waals surface area contributed by atoms with Crippen molar-refractivity contribution in [2.75, 3.05) is 65.6 Å². The van der Waals surface area contributed by atoms with Crippen molar-refractivity contribution in [3.05, 3.63) is 59.7 Å². The first kappa shape index (κ1) is 25.5. The van der Waals surface area contributed by atoms with Crippen LogP contribution in [0.4, 0.5) is 0 Å². The van der Waals surface area contributed by atoms with Crippen LogP contribution in [0.3, 0.4) is 0 Å². The first-order chi connectivity index (χ1) is 16.0. The van der Waals surface area contributed by atoms with Gasteiger partial charge in [0.2, 0.25) is 0 Å². The molecule has 0 spiro atoms. The number of ether oxygens (including phenoxy) is 2. The summed E-state index contributed by atoms with van der Waals surface area (Å²) in [7, 11) is 0. The number of aliphatic hydroxyl groups is 2. The SMILES string of the molecule is Cc1ccccc1OCC(O)CNCCN1CCN(CC(O)COc2ccccc2C)CC1. The minimum atomic E-state index is -0.537. The molecule has 1 saturated heterocycles. The maximum absolute atomic E-state index is 10.4. The molecule has 3 N–H and O–H groups in total. The molecule has 1 heterocycles. The predicted octanol–water partition coefficient (Wildman–Crippen LogP) is 1.69. The summed E-state index contributed by atoms with van der Waals surface area (Å²) in [5, 5.41) is 23.8. The third-order valence-corrected chi connectivity index (χ3v) is 5.97. The van der Waals surface area contributed by atoms with Crippen molar-refractivity contribution in [1.82, 2.24) is 15.1 Å². The van der Waals surface area contributed by atoms with Gasteiger partial charge in [-0.25, -0.2) is 0 Å². The van der Waals surface area contributed by atoms with Gasteiger partial charge in [0.05, 0.1) is 0 Å². The largest absolute Gasteiger partial charge is 0.491 e. The molecule has 0 aromatic heterocycles. The van der Waals surface area contributed by atoms with Crippen LogP contribution < -0.4 is 14.8 Å². The molecular formula is C26H39N3O4. The van der Waals surface area contributed by atoms with Crippen LogP contribution in [0.2, 0.25) is 0 Å². The second kappa shape index (κ2) is 13.5. The summed E-state index contributed by atoms with van der Waals surface area (Å²) in [4.78, 5) is 4.71. The molecule has 0 aliphatic carbocycles. The molecule has 2 atom stereocenters. The van der Waals surface area contributed by atoms with Gasteiger partial charge in [0.15, 0.2) is 0 Å². The Morgan fingerprint density at radius 1 is 0.788 bits per heavy atom. The van der Waals surface area contributed by atoms with E-state index in [2.05, 4.69) is 15.1 Å². The van der Waals surface area contributed by atoms with Crippen LogP contribution in [-0.4, -0.2) is 97.8 Å². The molecule has 0 bridgehead atoms. The molecule has 1 aliphatic heterocycles. The summed E-state index contributed by atoms with van der Waals surface area (Å²) >= 11 is 0.